The second kappa shape index (κ2) is 7.89. The van der Waals surface area contributed by atoms with Crippen LogP contribution in [0, 0.1) is 12.7 Å². The van der Waals surface area contributed by atoms with Crippen molar-refractivity contribution in [2.75, 3.05) is 11.6 Å². The van der Waals surface area contributed by atoms with Gasteiger partial charge in [-0.15, -0.1) is 0 Å². The van der Waals surface area contributed by atoms with Gasteiger partial charge in [0.25, 0.3) is 21.9 Å². The Balaban J connectivity index is 1.57. The lowest BCUT2D eigenvalue weighted by atomic mass is 10.1. The minimum atomic E-state index is -3.65. The van der Waals surface area contributed by atoms with Gasteiger partial charge in [-0.3, -0.25) is 13.4 Å². The van der Waals surface area contributed by atoms with E-state index in [9.17, 15) is 17.6 Å². The monoisotopic (exact) mass is 445 g/mol. The summed E-state index contributed by atoms with van der Waals surface area (Å²) in [5.74, 6) is -0.794. The van der Waals surface area contributed by atoms with E-state index >= 15 is 0 Å². The second-order valence-electron chi connectivity index (χ2n) is 6.68. The number of aromatic nitrogens is 4. The van der Waals surface area contributed by atoms with E-state index in [1.165, 1.54) is 28.9 Å². The summed E-state index contributed by atoms with van der Waals surface area (Å²) in [4.78, 5) is 21.0. The number of hydrogen-bond donors (Lipinski definition) is 1. The second-order valence-corrected chi connectivity index (χ2v) is 8.32. The molecular formula is C19H16FN5O5S. The van der Waals surface area contributed by atoms with E-state index in [1.54, 1.807) is 25.1 Å². The van der Waals surface area contributed by atoms with Crippen LogP contribution < -0.4 is 5.32 Å². The normalized spacial score (nSPS) is 11.7. The fourth-order valence-corrected chi connectivity index (χ4v) is 3.11. The van der Waals surface area contributed by atoms with Crippen LogP contribution in [-0.2, 0) is 20.9 Å². The van der Waals surface area contributed by atoms with Gasteiger partial charge in [-0.05, 0) is 30.7 Å². The van der Waals surface area contributed by atoms with Crippen LogP contribution in [0.15, 0.2) is 47.2 Å². The minimum absolute atomic E-state index is 0.0145. The molecule has 31 heavy (non-hydrogen) atoms. The Labute approximate surface area is 175 Å². The Morgan fingerprint density at radius 3 is 2.87 bits per heavy atom. The van der Waals surface area contributed by atoms with Crippen LogP contribution in [0.1, 0.15) is 21.9 Å². The predicted molar refractivity (Wildman–Crippen MR) is 107 cm³/mol. The maximum Gasteiger partial charge on any atom is 0.274 e. The Hall–Kier alpha value is -3.64. The van der Waals surface area contributed by atoms with Crippen molar-refractivity contribution in [3.05, 3.63) is 65.7 Å². The topological polar surface area (TPSA) is 129 Å². The molecule has 0 saturated heterocycles. The fourth-order valence-electron chi connectivity index (χ4n) is 2.79. The van der Waals surface area contributed by atoms with Gasteiger partial charge in [-0.1, -0.05) is 17.3 Å². The van der Waals surface area contributed by atoms with Gasteiger partial charge < -0.3 is 9.84 Å². The number of carbonyl (C=O) groups is 1. The molecule has 160 valence electrons. The minimum Gasteiger partial charge on any atom is -0.336 e. The summed E-state index contributed by atoms with van der Waals surface area (Å²) < 4.78 is 46.7. The Bertz CT molecular complexity index is 1400. The van der Waals surface area contributed by atoms with E-state index in [4.69, 9.17) is 4.52 Å². The highest BCUT2D eigenvalue weighted by Crippen LogP contribution is 2.24. The third-order valence-electron chi connectivity index (χ3n) is 4.31. The van der Waals surface area contributed by atoms with Crippen molar-refractivity contribution in [2.45, 2.75) is 13.5 Å². The first kappa shape index (κ1) is 20.6. The molecule has 0 spiro atoms. The van der Waals surface area contributed by atoms with Gasteiger partial charge in [0.15, 0.2) is 0 Å². The van der Waals surface area contributed by atoms with E-state index in [-0.39, 0.29) is 24.0 Å². The van der Waals surface area contributed by atoms with Gasteiger partial charge in [-0.2, -0.15) is 13.4 Å². The number of carbonyl (C=O) groups excluding carboxylic acids is 1. The largest absolute Gasteiger partial charge is 0.336 e. The maximum absolute atomic E-state index is 13.6. The zero-order valence-electron chi connectivity index (χ0n) is 16.4. The molecule has 0 aliphatic rings. The van der Waals surface area contributed by atoms with Crippen LogP contribution in [0.25, 0.3) is 17.0 Å². The molecule has 3 heterocycles. The quantitative estimate of drug-likeness (QED) is 0.449. The summed E-state index contributed by atoms with van der Waals surface area (Å²) >= 11 is 0. The number of imidazole rings is 1. The van der Waals surface area contributed by atoms with Crippen molar-refractivity contribution >= 4 is 27.4 Å². The van der Waals surface area contributed by atoms with Gasteiger partial charge in [0.2, 0.25) is 5.82 Å². The van der Waals surface area contributed by atoms with E-state index in [0.29, 0.717) is 16.9 Å². The molecular weight excluding hydrogens is 429 g/mol. The lowest BCUT2D eigenvalue weighted by Crippen LogP contribution is -2.15. The number of nitrogens with one attached hydrogen (secondary N) is 1. The summed E-state index contributed by atoms with van der Waals surface area (Å²) in [7, 11) is -3.65. The predicted octanol–water partition coefficient (Wildman–Crippen LogP) is 2.56. The summed E-state index contributed by atoms with van der Waals surface area (Å²) in [5.41, 5.74) is 2.37. The fraction of sp³-hybridized carbons (Fsp3) is 0.158. The summed E-state index contributed by atoms with van der Waals surface area (Å²) in [6.07, 6.45) is 3.45. The number of fused-ring (bicyclic) bond motifs is 1. The van der Waals surface area contributed by atoms with Crippen LogP contribution in [0.3, 0.4) is 0 Å². The number of nitrogens with zero attached hydrogens (tertiary/aromatic N) is 4. The highest BCUT2D eigenvalue weighted by atomic mass is 32.2. The average molecular weight is 445 g/mol. The number of rotatable bonds is 6. The molecule has 0 radical (unpaired) electrons. The van der Waals surface area contributed by atoms with Gasteiger partial charge >= 0.3 is 0 Å². The lowest BCUT2D eigenvalue weighted by molar-refractivity contribution is 0.102. The first-order valence-corrected chi connectivity index (χ1v) is 10.7. The first-order chi connectivity index (χ1) is 14.7. The number of amides is 1. The average Bonchev–Trinajstić information content (AvgIpc) is 3.34. The zero-order valence-corrected chi connectivity index (χ0v) is 17.2. The molecule has 4 rings (SSSR count). The van der Waals surface area contributed by atoms with Crippen molar-refractivity contribution < 1.29 is 26.3 Å². The molecule has 0 aliphatic heterocycles. The Morgan fingerprint density at radius 1 is 1.29 bits per heavy atom. The van der Waals surface area contributed by atoms with Gasteiger partial charge in [0.05, 0.1) is 12.5 Å². The number of anilines is 1. The smallest absolute Gasteiger partial charge is 0.274 e. The first-order valence-electron chi connectivity index (χ1n) is 8.91. The third-order valence-corrected chi connectivity index (χ3v) is 4.86. The molecule has 4 aromatic rings. The van der Waals surface area contributed by atoms with Crippen molar-refractivity contribution in [3.8, 4) is 11.4 Å². The number of benzene rings is 1. The highest BCUT2D eigenvalue weighted by molar-refractivity contribution is 7.85. The number of aryl methyl sites for hydroxylation is 1. The molecule has 0 saturated carbocycles. The molecule has 3 aromatic heterocycles. The van der Waals surface area contributed by atoms with Crippen molar-refractivity contribution in [1.82, 2.24) is 19.5 Å². The van der Waals surface area contributed by atoms with Crippen LogP contribution in [0.4, 0.5) is 10.1 Å². The van der Waals surface area contributed by atoms with E-state index in [1.807, 2.05) is 0 Å². The van der Waals surface area contributed by atoms with Crippen molar-refractivity contribution in [1.29, 1.82) is 0 Å². The van der Waals surface area contributed by atoms with Crippen molar-refractivity contribution in [2.24, 2.45) is 0 Å². The molecule has 12 heteroatoms. The number of pyridine rings is 1. The third kappa shape index (κ3) is 4.59. The molecule has 10 nitrogen and oxygen atoms in total. The van der Waals surface area contributed by atoms with Crippen molar-refractivity contribution in [3.63, 3.8) is 0 Å². The molecule has 0 atom stereocenters. The SMILES string of the molecule is Cc1ccc(-c2noc(COS(C)(=O)=O)n2)cc1NC(=O)c1cnc2ccc(F)cn12. The molecule has 0 unspecified atom stereocenters. The molecule has 1 N–H and O–H groups in total. The molecule has 0 aliphatic carbocycles. The molecule has 1 amide bonds. The van der Waals surface area contributed by atoms with E-state index in [2.05, 4.69) is 24.6 Å². The Kier molecular flexibility index (Phi) is 5.25. The van der Waals surface area contributed by atoms with E-state index in [0.717, 1.165) is 11.8 Å². The summed E-state index contributed by atoms with van der Waals surface area (Å²) in [5, 5.41) is 6.58. The van der Waals surface area contributed by atoms with Crippen LogP contribution in [0.2, 0.25) is 0 Å². The zero-order chi connectivity index (χ0) is 22.2. The number of halogens is 1. The van der Waals surface area contributed by atoms with Crippen LogP contribution >= 0.6 is 0 Å². The van der Waals surface area contributed by atoms with Gasteiger partial charge in [-0.25, -0.2) is 9.37 Å². The lowest BCUT2D eigenvalue weighted by Gasteiger charge is -2.09. The van der Waals surface area contributed by atoms with Gasteiger partial charge in [0.1, 0.15) is 23.8 Å². The highest BCUT2D eigenvalue weighted by Gasteiger charge is 2.16. The molecule has 0 bridgehead atoms. The summed E-state index contributed by atoms with van der Waals surface area (Å²) in [6.45, 7) is 1.42. The van der Waals surface area contributed by atoms with E-state index < -0.39 is 21.8 Å². The van der Waals surface area contributed by atoms with Crippen LogP contribution in [0.5, 0.6) is 0 Å². The molecule has 1 aromatic carbocycles. The summed E-state index contributed by atoms with van der Waals surface area (Å²) in [6, 6.07) is 7.85. The molecule has 0 fully saturated rings. The van der Waals surface area contributed by atoms with Crippen LogP contribution in [-0.4, -0.2) is 40.1 Å². The standard InChI is InChI=1S/C19H16FN5O5S/c1-11-3-4-12(18-23-17(30-24-18)10-29-31(2,27)28)7-14(11)22-19(26)15-8-21-16-6-5-13(20)9-25(15)16/h3-9H,10H2,1-2H3,(H,22,26). The number of hydrogen-bond acceptors (Lipinski definition) is 8. The maximum atomic E-state index is 13.6. The van der Waals surface area contributed by atoms with Gasteiger partial charge in [0, 0.05) is 17.4 Å². The Morgan fingerprint density at radius 2 is 2.10 bits per heavy atom.